The van der Waals surface area contributed by atoms with Gasteiger partial charge in [0.1, 0.15) is 0 Å². The molecule has 0 bridgehead atoms. The molecule has 118 valence electrons. The maximum Gasteiger partial charge on any atom is 0.309 e. The number of carboxylic acid groups (broad SMARTS) is 1. The summed E-state index contributed by atoms with van der Waals surface area (Å²) in [6.45, 7) is 1.59. The first-order chi connectivity index (χ1) is 10.6. The van der Waals surface area contributed by atoms with Crippen LogP contribution in [0.15, 0.2) is 29.6 Å². The van der Waals surface area contributed by atoms with Gasteiger partial charge in [0.15, 0.2) is 0 Å². The molecule has 0 atom stereocenters. The Morgan fingerprint density at radius 2 is 2.14 bits per heavy atom. The molecule has 1 aromatic carbocycles. The van der Waals surface area contributed by atoms with Gasteiger partial charge in [0.2, 0.25) is 0 Å². The van der Waals surface area contributed by atoms with Crippen LogP contribution in [0.5, 0.6) is 0 Å². The molecular weight excluding hydrogens is 300 g/mol. The van der Waals surface area contributed by atoms with Gasteiger partial charge in [-0.2, -0.15) is 0 Å². The Kier molecular flexibility index (Phi) is 6.06. The van der Waals surface area contributed by atoms with Gasteiger partial charge in [-0.05, 0) is 18.2 Å². The fourth-order valence-corrected chi connectivity index (χ4v) is 3.07. The zero-order valence-electron chi connectivity index (χ0n) is 12.5. The molecule has 0 amide bonds. The molecule has 0 saturated heterocycles. The lowest BCUT2D eigenvalue weighted by atomic mass is 10.1. The number of carbonyl (C=O) groups is 1. The summed E-state index contributed by atoms with van der Waals surface area (Å²) in [6.07, 6.45) is 0.685. The molecule has 0 aliphatic heterocycles. The molecule has 0 aliphatic carbocycles. The fourth-order valence-electron chi connectivity index (χ4n) is 2.24. The molecule has 2 N–H and O–H groups in total. The molecule has 0 saturated carbocycles. The molecule has 1 heterocycles. The number of aliphatic hydroxyl groups excluding tert-OH is 1. The van der Waals surface area contributed by atoms with E-state index < -0.39 is 5.97 Å². The van der Waals surface area contributed by atoms with E-state index in [1.54, 1.807) is 0 Å². The number of hydrogen-bond acceptors (Lipinski definition) is 5. The highest BCUT2D eigenvalue weighted by Gasteiger charge is 2.07. The minimum Gasteiger partial charge on any atom is -0.481 e. The number of nitrogens with zero attached hydrogens (tertiary/aromatic N) is 2. The van der Waals surface area contributed by atoms with Crippen molar-refractivity contribution in [1.82, 2.24) is 9.88 Å². The lowest BCUT2D eigenvalue weighted by Crippen LogP contribution is -2.21. The lowest BCUT2D eigenvalue weighted by molar-refractivity contribution is -0.136. The molecule has 2 rings (SSSR count). The van der Waals surface area contributed by atoms with Crippen LogP contribution in [0.1, 0.15) is 21.8 Å². The number of hydrogen-bond donors (Lipinski definition) is 2. The van der Waals surface area contributed by atoms with Crippen molar-refractivity contribution in [2.24, 2.45) is 0 Å². The molecule has 5 nitrogen and oxygen atoms in total. The van der Waals surface area contributed by atoms with E-state index >= 15 is 0 Å². The number of aromatic nitrogens is 1. The maximum atomic E-state index is 10.7. The van der Waals surface area contributed by atoms with Crippen LogP contribution >= 0.6 is 11.3 Å². The maximum absolute atomic E-state index is 10.7. The quantitative estimate of drug-likeness (QED) is 0.776. The fraction of sp³-hybridized carbons (Fsp3) is 0.375. The summed E-state index contributed by atoms with van der Waals surface area (Å²) in [5, 5.41) is 20.4. The molecule has 0 fully saturated rings. The van der Waals surface area contributed by atoms with E-state index in [0.717, 1.165) is 17.1 Å². The van der Waals surface area contributed by atoms with Crippen molar-refractivity contribution in [2.75, 3.05) is 20.2 Å². The van der Waals surface area contributed by atoms with Crippen molar-refractivity contribution >= 4 is 17.3 Å². The average Bonchev–Trinajstić information content (AvgIpc) is 2.85. The third kappa shape index (κ3) is 5.22. The molecule has 22 heavy (non-hydrogen) atoms. The summed E-state index contributed by atoms with van der Waals surface area (Å²) < 4.78 is 0. The van der Waals surface area contributed by atoms with E-state index in [1.807, 2.05) is 24.6 Å². The molecule has 0 radical (unpaired) electrons. The summed E-state index contributed by atoms with van der Waals surface area (Å²) >= 11 is 1.50. The monoisotopic (exact) mass is 320 g/mol. The number of thiazole rings is 1. The van der Waals surface area contributed by atoms with Crippen LogP contribution in [0.3, 0.4) is 0 Å². The van der Waals surface area contributed by atoms with Gasteiger partial charge in [0.25, 0.3) is 0 Å². The first kappa shape index (κ1) is 16.6. The number of benzene rings is 1. The first-order valence-corrected chi connectivity index (χ1v) is 7.97. The highest BCUT2D eigenvalue weighted by Crippen LogP contribution is 2.17. The van der Waals surface area contributed by atoms with Crippen LogP contribution in [-0.4, -0.2) is 46.3 Å². The van der Waals surface area contributed by atoms with Crippen molar-refractivity contribution in [2.45, 2.75) is 19.4 Å². The third-order valence-electron chi connectivity index (χ3n) is 3.21. The second-order valence-electron chi connectivity index (χ2n) is 5.26. The number of likely N-dealkylation sites (N-methyl/N-ethyl adjacent to an activating group) is 1. The van der Waals surface area contributed by atoms with E-state index in [-0.39, 0.29) is 13.0 Å². The van der Waals surface area contributed by atoms with E-state index in [9.17, 15) is 4.79 Å². The van der Waals surface area contributed by atoms with Gasteiger partial charge in [0.05, 0.1) is 23.7 Å². The zero-order chi connectivity index (χ0) is 15.9. The first-order valence-electron chi connectivity index (χ1n) is 7.09. The molecule has 0 aliphatic rings. The van der Waals surface area contributed by atoms with Crippen molar-refractivity contribution in [3.8, 4) is 0 Å². The summed E-state index contributed by atoms with van der Waals surface area (Å²) in [5.74, 6) is -0.856. The molecule has 1 aromatic heterocycles. The van der Waals surface area contributed by atoms with Crippen molar-refractivity contribution < 1.29 is 15.0 Å². The Balaban J connectivity index is 2.00. The summed E-state index contributed by atoms with van der Waals surface area (Å²) in [6, 6.07) is 8.26. The highest BCUT2D eigenvalue weighted by atomic mass is 32.1. The standard InChI is InChI=1S/C16H20N2O3S/c1-18(5-6-19)10-13-4-2-3-12(7-13)8-15-17-14(11-22-15)9-16(20)21/h2-4,7,11,19H,5-6,8-10H2,1H3,(H,20,21). The summed E-state index contributed by atoms with van der Waals surface area (Å²) in [7, 11) is 1.97. The zero-order valence-corrected chi connectivity index (χ0v) is 13.3. The minimum atomic E-state index is -0.856. The van der Waals surface area contributed by atoms with Crippen molar-refractivity contribution in [1.29, 1.82) is 0 Å². The van der Waals surface area contributed by atoms with E-state index in [0.29, 0.717) is 18.7 Å². The van der Waals surface area contributed by atoms with Crippen LogP contribution in [0.25, 0.3) is 0 Å². The van der Waals surface area contributed by atoms with Gasteiger partial charge < -0.3 is 10.2 Å². The Labute approximate surface area is 133 Å². The smallest absolute Gasteiger partial charge is 0.309 e. The molecular formula is C16H20N2O3S. The van der Waals surface area contributed by atoms with Crippen LogP contribution in [0, 0.1) is 0 Å². The van der Waals surface area contributed by atoms with Gasteiger partial charge >= 0.3 is 5.97 Å². The normalized spacial score (nSPS) is 11.0. The average molecular weight is 320 g/mol. The number of carboxylic acids is 1. The Bertz CT molecular complexity index is 627. The van der Waals surface area contributed by atoms with E-state index in [2.05, 4.69) is 22.0 Å². The Morgan fingerprint density at radius 3 is 2.86 bits per heavy atom. The molecule has 0 spiro atoms. The topological polar surface area (TPSA) is 73.7 Å². The second-order valence-corrected chi connectivity index (χ2v) is 6.20. The third-order valence-corrected chi connectivity index (χ3v) is 4.11. The van der Waals surface area contributed by atoms with Crippen LogP contribution < -0.4 is 0 Å². The van der Waals surface area contributed by atoms with Crippen LogP contribution in [0.4, 0.5) is 0 Å². The van der Waals surface area contributed by atoms with Crippen molar-refractivity contribution in [3.63, 3.8) is 0 Å². The van der Waals surface area contributed by atoms with E-state index in [1.165, 1.54) is 16.9 Å². The van der Waals surface area contributed by atoms with Crippen molar-refractivity contribution in [3.05, 3.63) is 51.5 Å². The highest BCUT2D eigenvalue weighted by molar-refractivity contribution is 7.09. The number of aliphatic hydroxyl groups is 1. The van der Waals surface area contributed by atoms with Gasteiger partial charge in [0, 0.05) is 24.9 Å². The summed E-state index contributed by atoms with van der Waals surface area (Å²) in [4.78, 5) is 17.1. The Morgan fingerprint density at radius 1 is 1.36 bits per heavy atom. The molecule has 2 aromatic rings. The largest absolute Gasteiger partial charge is 0.481 e. The summed E-state index contributed by atoms with van der Waals surface area (Å²) in [5.41, 5.74) is 2.97. The van der Waals surface area contributed by atoms with Crippen LogP contribution in [-0.2, 0) is 24.2 Å². The van der Waals surface area contributed by atoms with Gasteiger partial charge in [-0.25, -0.2) is 4.98 Å². The van der Waals surface area contributed by atoms with Gasteiger partial charge in [-0.3, -0.25) is 9.69 Å². The molecule has 6 heteroatoms. The molecule has 0 unspecified atom stereocenters. The SMILES string of the molecule is CN(CCO)Cc1cccc(Cc2nc(CC(=O)O)cs2)c1. The van der Waals surface area contributed by atoms with E-state index in [4.69, 9.17) is 10.2 Å². The predicted molar refractivity (Wildman–Crippen MR) is 86.1 cm³/mol. The van der Waals surface area contributed by atoms with Gasteiger partial charge in [-0.1, -0.05) is 24.3 Å². The number of aliphatic carboxylic acids is 1. The Hall–Kier alpha value is -1.76. The second kappa shape index (κ2) is 8.03. The lowest BCUT2D eigenvalue weighted by Gasteiger charge is -2.15. The number of rotatable bonds is 8. The van der Waals surface area contributed by atoms with Gasteiger partial charge in [-0.15, -0.1) is 11.3 Å². The predicted octanol–water partition coefficient (Wildman–Crippen LogP) is 1.79. The van der Waals surface area contributed by atoms with Crippen LogP contribution in [0.2, 0.25) is 0 Å². The minimum absolute atomic E-state index is 0.0253.